The molecule has 3 heteroatoms. The van der Waals surface area contributed by atoms with Crippen LogP contribution in [0.5, 0.6) is 0 Å². The first-order valence-corrected chi connectivity index (χ1v) is 4.22. The molecule has 0 aromatic carbocycles. The average molecular weight is 169 g/mol. The SMILES string of the molecule is COC(=O)C(CN)C1CC=CC1. The molecule has 1 aliphatic rings. The van der Waals surface area contributed by atoms with Crippen LogP contribution in [0.15, 0.2) is 12.2 Å². The summed E-state index contributed by atoms with van der Waals surface area (Å²) >= 11 is 0. The lowest BCUT2D eigenvalue weighted by atomic mass is 9.90. The number of ether oxygens (including phenoxy) is 1. The molecule has 0 heterocycles. The summed E-state index contributed by atoms with van der Waals surface area (Å²) in [6, 6.07) is 0. The normalized spacial score (nSPS) is 19.5. The molecule has 0 bridgehead atoms. The number of nitrogens with two attached hydrogens (primary N) is 1. The standard InChI is InChI=1S/C9H15NO2/c1-12-9(11)8(6-10)7-4-2-3-5-7/h2-3,7-8H,4-6,10H2,1H3. The molecule has 0 fully saturated rings. The van der Waals surface area contributed by atoms with E-state index in [1.807, 2.05) is 0 Å². The first-order chi connectivity index (χ1) is 5.79. The number of carbonyl (C=O) groups excluding carboxylic acids is 1. The minimum absolute atomic E-state index is 0.120. The number of rotatable bonds is 3. The second-order valence-electron chi connectivity index (χ2n) is 3.07. The van der Waals surface area contributed by atoms with E-state index in [1.54, 1.807) is 0 Å². The first-order valence-electron chi connectivity index (χ1n) is 4.22. The van der Waals surface area contributed by atoms with Crippen LogP contribution in [-0.4, -0.2) is 19.6 Å². The fourth-order valence-electron chi connectivity index (χ4n) is 1.60. The Hall–Kier alpha value is -0.830. The lowest BCUT2D eigenvalue weighted by molar-refractivity contribution is -0.146. The van der Waals surface area contributed by atoms with Crippen LogP contribution in [0, 0.1) is 11.8 Å². The second kappa shape index (κ2) is 4.26. The van der Waals surface area contributed by atoms with Crippen LogP contribution in [0.2, 0.25) is 0 Å². The fraction of sp³-hybridized carbons (Fsp3) is 0.667. The van der Waals surface area contributed by atoms with Crippen molar-refractivity contribution in [2.24, 2.45) is 17.6 Å². The lowest BCUT2D eigenvalue weighted by Gasteiger charge is -2.18. The number of esters is 1. The van der Waals surface area contributed by atoms with Crippen molar-refractivity contribution in [1.29, 1.82) is 0 Å². The van der Waals surface area contributed by atoms with Crippen LogP contribution in [0.1, 0.15) is 12.8 Å². The molecule has 2 N–H and O–H groups in total. The van der Waals surface area contributed by atoms with Gasteiger partial charge in [-0.25, -0.2) is 0 Å². The zero-order valence-corrected chi connectivity index (χ0v) is 7.32. The summed E-state index contributed by atoms with van der Waals surface area (Å²) in [5.41, 5.74) is 5.50. The molecule has 68 valence electrons. The van der Waals surface area contributed by atoms with E-state index in [-0.39, 0.29) is 11.9 Å². The highest BCUT2D eigenvalue weighted by Gasteiger charge is 2.27. The molecule has 1 unspecified atom stereocenters. The molecule has 0 saturated heterocycles. The highest BCUT2D eigenvalue weighted by Crippen LogP contribution is 2.26. The molecular formula is C9H15NO2. The Kier molecular flexibility index (Phi) is 3.29. The third-order valence-electron chi connectivity index (χ3n) is 2.37. The van der Waals surface area contributed by atoms with Gasteiger partial charge in [-0.05, 0) is 18.8 Å². The zero-order valence-electron chi connectivity index (χ0n) is 7.32. The van der Waals surface area contributed by atoms with Gasteiger partial charge < -0.3 is 10.5 Å². The van der Waals surface area contributed by atoms with E-state index in [9.17, 15) is 4.79 Å². The number of allylic oxidation sites excluding steroid dienone is 2. The minimum atomic E-state index is -0.175. The van der Waals surface area contributed by atoms with E-state index < -0.39 is 0 Å². The highest BCUT2D eigenvalue weighted by molar-refractivity contribution is 5.73. The van der Waals surface area contributed by atoms with Crippen LogP contribution in [0.3, 0.4) is 0 Å². The summed E-state index contributed by atoms with van der Waals surface area (Å²) in [6.07, 6.45) is 6.10. The molecule has 0 spiro atoms. The maximum absolute atomic E-state index is 11.2. The van der Waals surface area contributed by atoms with Crippen LogP contribution < -0.4 is 5.73 Å². The van der Waals surface area contributed by atoms with E-state index in [0.717, 1.165) is 12.8 Å². The van der Waals surface area contributed by atoms with Gasteiger partial charge >= 0.3 is 5.97 Å². The Balaban J connectivity index is 2.49. The fourth-order valence-corrected chi connectivity index (χ4v) is 1.60. The smallest absolute Gasteiger partial charge is 0.310 e. The van der Waals surface area contributed by atoms with Gasteiger partial charge in [0.2, 0.25) is 0 Å². The van der Waals surface area contributed by atoms with Crippen molar-refractivity contribution in [1.82, 2.24) is 0 Å². The van der Waals surface area contributed by atoms with Gasteiger partial charge in [0.25, 0.3) is 0 Å². The average Bonchev–Trinajstić information content (AvgIpc) is 2.58. The first kappa shape index (κ1) is 9.26. The monoisotopic (exact) mass is 169 g/mol. The third-order valence-corrected chi connectivity index (χ3v) is 2.37. The molecule has 0 aliphatic heterocycles. The summed E-state index contributed by atoms with van der Waals surface area (Å²) in [6.45, 7) is 0.388. The molecule has 3 nitrogen and oxygen atoms in total. The maximum Gasteiger partial charge on any atom is 0.310 e. The summed E-state index contributed by atoms with van der Waals surface area (Å²) in [5, 5.41) is 0. The van der Waals surface area contributed by atoms with Gasteiger partial charge in [0.05, 0.1) is 13.0 Å². The Morgan fingerprint density at radius 2 is 2.25 bits per heavy atom. The Morgan fingerprint density at radius 1 is 1.67 bits per heavy atom. The van der Waals surface area contributed by atoms with Crippen molar-refractivity contribution < 1.29 is 9.53 Å². The van der Waals surface area contributed by atoms with E-state index >= 15 is 0 Å². The van der Waals surface area contributed by atoms with E-state index in [0.29, 0.717) is 12.5 Å². The molecule has 1 rings (SSSR count). The van der Waals surface area contributed by atoms with Crippen molar-refractivity contribution in [3.63, 3.8) is 0 Å². The molecule has 0 amide bonds. The predicted molar refractivity (Wildman–Crippen MR) is 46.4 cm³/mol. The van der Waals surface area contributed by atoms with Crippen molar-refractivity contribution in [3.8, 4) is 0 Å². The highest BCUT2D eigenvalue weighted by atomic mass is 16.5. The van der Waals surface area contributed by atoms with Crippen LogP contribution in [-0.2, 0) is 9.53 Å². The van der Waals surface area contributed by atoms with E-state index in [2.05, 4.69) is 16.9 Å². The van der Waals surface area contributed by atoms with Crippen molar-refractivity contribution >= 4 is 5.97 Å². The zero-order chi connectivity index (χ0) is 8.97. The third kappa shape index (κ3) is 1.85. The van der Waals surface area contributed by atoms with E-state index in [4.69, 9.17) is 5.73 Å². The summed E-state index contributed by atoms with van der Waals surface area (Å²) < 4.78 is 4.67. The number of methoxy groups -OCH3 is 1. The second-order valence-corrected chi connectivity index (χ2v) is 3.07. The Labute approximate surface area is 72.6 Å². The molecule has 1 atom stereocenters. The number of hydrogen-bond acceptors (Lipinski definition) is 3. The van der Waals surface area contributed by atoms with Crippen molar-refractivity contribution in [2.75, 3.05) is 13.7 Å². The summed E-state index contributed by atoms with van der Waals surface area (Å²) in [4.78, 5) is 11.2. The van der Waals surface area contributed by atoms with Gasteiger partial charge in [-0.15, -0.1) is 0 Å². The molecule has 1 aliphatic carbocycles. The van der Waals surface area contributed by atoms with Crippen LogP contribution in [0.4, 0.5) is 0 Å². The predicted octanol–water partition coefficient (Wildman–Crippen LogP) is 0.700. The Bertz CT molecular complexity index is 181. The maximum atomic E-state index is 11.2. The van der Waals surface area contributed by atoms with Gasteiger partial charge in [0, 0.05) is 6.54 Å². The quantitative estimate of drug-likeness (QED) is 0.500. The minimum Gasteiger partial charge on any atom is -0.469 e. The summed E-state index contributed by atoms with van der Waals surface area (Å²) in [7, 11) is 1.41. The largest absolute Gasteiger partial charge is 0.469 e. The van der Waals surface area contributed by atoms with Gasteiger partial charge in [0.1, 0.15) is 0 Å². The van der Waals surface area contributed by atoms with Crippen molar-refractivity contribution in [2.45, 2.75) is 12.8 Å². The van der Waals surface area contributed by atoms with Gasteiger partial charge in [-0.2, -0.15) is 0 Å². The Morgan fingerprint density at radius 3 is 2.67 bits per heavy atom. The van der Waals surface area contributed by atoms with Gasteiger partial charge in [-0.3, -0.25) is 4.79 Å². The lowest BCUT2D eigenvalue weighted by Crippen LogP contribution is -2.30. The van der Waals surface area contributed by atoms with E-state index in [1.165, 1.54) is 7.11 Å². The molecule has 0 aromatic rings. The van der Waals surface area contributed by atoms with Crippen LogP contribution >= 0.6 is 0 Å². The topological polar surface area (TPSA) is 52.3 Å². The van der Waals surface area contributed by atoms with Crippen molar-refractivity contribution in [3.05, 3.63) is 12.2 Å². The number of hydrogen-bond donors (Lipinski definition) is 1. The molecule has 0 radical (unpaired) electrons. The molecule has 0 saturated carbocycles. The summed E-state index contributed by atoms with van der Waals surface area (Å²) in [5.74, 6) is 0.0682. The van der Waals surface area contributed by atoms with Gasteiger partial charge in [-0.1, -0.05) is 12.2 Å². The molecule has 0 aromatic heterocycles. The molecular weight excluding hydrogens is 154 g/mol. The van der Waals surface area contributed by atoms with Crippen LogP contribution in [0.25, 0.3) is 0 Å². The van der Waals surface area contributed by atoms with Gasteiger partial charge in [0.15, 0.2) is 0 Å². The number of carbonyl (C=O) groups is 1. The molecule has 12 heavy (non-hydrogen) atoms.